The van der Waals surface area contributed by atoms with E-state index in [0.29, 0.717) is 5.69 Å². The number of aromatic nitrogens is 2. The fraction of sp³-hybridized carbons (Fsp3) is 0.455. The molecule has 146 valence electrons. The third kappa shape index (κ3) is 3.63. The molecule has 1 unspecified atom stereocenters. The monoisotopic (exact) mass is 378 g/mol. The number of fused-ring (bicyclic) bond motifs is 2. The number of hydrogen-bond donors (Lipinski definition) is 1. The van der Waals surface area contributed by atoms with Crippen LogP contribution in [0, 0.1) is 20.8 Å². The number of hydrogen-bond acceptors (Lipinski definition) is 4. The quantitative estimate of drug-likeness (QED) is 0.891. The van der Waals surface area contributed by atoms with Crippen molar-refractivity contribution in [1.82, 2.24) is 20.2 Å². The number of carbonyl (C=O) groups is 2. The largest absolute Gasteiger partial charge is 0.348 e. The van der Waals surface area contributed by atoms with Crippen LogP contribution in [0.3, 0.4) is 0 Å². The molecule has 1 N–H and O–H groups in total. The molecular weight excluding hydrogens is 352 g/mol. The lowest BCUT2D eigenvalue weighted by Crippen LogP contribution is -2.52. The second kappa shape index (κ2) is 7.34. The van der Waals surface area contributed by atoms with E-state index in [1.165, 1.54) is 6.20 Å². The fourth-order valence-corrected chi connectivity index (χ4v) is 4.64. The molecule has 2 saturated heterocycles. The Bertz CT molecular complexity index is 875. The average molecular weight is 378 g/mol. The molecule has 2 amide bonds. The van der Waals surface area contributed by atoms with Crippen LogP contribution in [0.25, 0.3) is 0 Å². The van der Waals surface area contributed by atoms with Gasteiger partial charge in [0.2, 0.25) is 0 Å². The lowest BCUT2D eigenvalue weighted by Gasteiger charge is -2.39. The number of aryl methyl sites for hydroxylation is 3. The zero-order valence-electron chi connectivity index (χ0n) is 16.6. The van der Waals surface area contributed by atoms with Gasteiger partial charge in [0.1, 0.15) is 5.69 Å². The van der Waals surface area contributed by atoms with Gasteiger partial charge in [0.15, 0.2) is 0 Å². The van der Waals surface area contributed by atoms with E-state index in [1.807, 2.05) is 32.9 Å². The summed E-state index contributed by atoms with van der Waals surface area (Å²) >= 11 is 0. The Hall–Kier alpha value is -2.76. The molecule has 0 aliphatic carbocycles. The van der Waals surface area contributed by atoms with Crippen molar-refractivity contribution >= 4 is 11.8 Å². The maximum Gasteiger partial charge on any atom is 0.271 e. The number of carbonyl (C=O) groups excluding carboxylic acids is 2. The molecule has 0 radical (unpaired) electrons. The summed E-state index contributed by atoms with van der Waals surface area (Å²) in [7, 11) is 0. The second-order valence-electron chi connectivity index (χ2n) is 8.16. The zero-order chi connectivity index (χ0) is 19.8. The van der Waals surface area contributed by atoms with Crippen molar-refractivity contribution in [2.45, 2.75) is 64.6 Å². The first kappa shape index (κ1) is 18.6. The van der Waals surface area contributed by atoms with Crippen molar-refractivity contribution in [1.29, 1.82) is 0 Å². The van der Waals surface area contributed by atoms with E-state index in [1.54, 1.807) is 6.20 Å². The maximum absolute atomic E-state index is 13.2. The van der Waals surface area contributed by atoms with E-state index in [4.69, 9.17) is 0 Å². The normalized spacial score (nSPS) is 23.5. The predicted molar refractivity (Wildman–Crippen MR) is 106 cm³/mol. The minimum Gasteiger partial charge on any atom is -0.348 e. The molecule has 2 aromatic rings. The maximum atomic E-state index is 13.2. The van der Waals surface area contributed by atoms with Crippen molar-refractivity contribution in [2.75, 3.05) is 0 Å². The molecule has 2 fully saturated rings. The summed E-state index contributed by atoms with van der Waals surface area (Å²) < 4.78 is 0. The van der Waals surface area contributed by atoms with Crippen LogP contribution >= 0.6 is 0 Å². The highest BCUT2D eigenvalue weighted by Gasteiger charge is 2.43. The van der Waals surface area contributed by atoms with Gasteiger partial charge >= 0.3 is 0 Å². The molecule has 6 heteroatoms. The van der Waals surface area contributed by atoms with Crippen LogP contribution in [-0.4, -0.2) is 44.8 Å². The predicted octanol–water partition coefficient (Wildman–Crippen LogP) is 2.97. The Morgan fingerprint density at radius 3 is 2.18 bits per heavy atom. The number of amides is 2. The van der Waals surface area contributed by atoms with E-state index in [-0.39, 0.29) is 29.9 Å². The Labute approximate surface area is 165 Å². The van der Waals surface area contributed by atoms with Gasteiger partial charge in [0.05, 0.1) is 11.9 Å². The van der Waals surface area contributed by atoms with Gasteiger partial charge in [-0.05, 0) is 58.6 Å². The first-order valence-electron chi connectivity index (χ1n) is 9.91. The van der Waals surface area contributed by atoms with Gasteiger partial charge in [-0.2, -0.15) is 0 Å². The SMILES string of the molecule is Cc1cc(C)cc(C(=O)N2[C@@H]3CC[C@H]2CC(NC(=O)c2cnc(C)cn2)C3)c1. The van der Waals surface area contributed by atoms with E-state index < -0.39 is 0 Å². The summed E-state index contributed by atoms with van der Waals surface area (Å²) in [5.41, 5.74) is 4.11. The number of piperidine rings is 1. The van der Waals surface area contributed by atoms with Gasteiger partial charge in [0.25, 0.3) is 11.8 Å². The summed E-state index contributed by atoms with van der Waals surface area (Å²) in [5.74, 6) is -0.0699. The summed E-state index contributed by atoms with van der Waals surface area (Å²) in [6, 6.07) is 6.46. The van der Waals surface area contributed by atoms with Crippen molar-refractivity contribution in [2.24, 2.45) is 0 Å². The van der Waals surface area contributed by atoms with Gasteiger partial charge in [-0.1, -0.05) is 17.2 Å². The summed E-state index contributed by atoms with van der Waals surface area (Å²) in [4.78, 5) is 36.0. The van der Waals surface area contributed by atoms with E-state index in [0.717, 1.165) is 48.1 Å². The number of rotatable bonds is 3. The molecule has 2 aliphatic heterocycles. The molecule has 3 atom stereocenters. The number of benzene rings is 1. The topological polar surface area (TPSA) is 75.2 Å². The van der Waals surface area contributed by atoms with Crippen LogP contribution < -0.4 is 5.32 Å². The Morgan fingerprint density at radius 2 is 1.61 bits per heavy atom. The van der Waals surface area contributed by atoms with Crippen molar-refractivity contribution < 1.29 is 9.59 Å². The number of nitrogens with zero attached hydrogens (tertiary/aromatic N) is 3. The lowest BCUT2D eigenvalue weighted by atomic mass is 9.95. The first-order chi connectivity index (χ1) is 13.4. The highest BCUT2D eigenvalue weighted by atomic mass is 16.2. The minimum atomic E-state index is -0.189. The summed E-state index contributed by atoms with van der Waals surface area (Å²) in [6.45, 7) is 5.89. The molecule has 4 rings (SSSR count). The molecule has 2 bridgehead atoms. The van der Waals surface area contributed by atoms with Crippen molar-refractivity contribution in [3.05, 3.63) is 58.7 Å². The number of nitrogens with one attached hydrogen (secondary N) is 1. The molecular formula is C22H26N4O2. The second-order valence-corrected chi connectivity index (χ2v) is 8.16. The molecule has 1 aromatic heterocycles. The van der Waals surface area contributed by atoms with E-state index >= 15 is 0 Å². The van der Waals surface area contributed by atoms with Gasteiger partial charge in [-0.15, -0.1) is 0 Å². The zero-order valence-corrected chi connectivity index (χ0v) is 16.6. The Balaban J connectivity index is 1.45. The van der Waals surface area contributed by atoms with Gasteiger partial charge < -0.3 is 10.2 Å². The average Bonchev–Trinajstić information content (AvgIpc) is 2.91. The molecule has 6 nitrogen and oxygen atoms in total. The Kier molecular flexibility index (Phi) is 4.87. The van der Waals surface area contributed by atoms with Crippen molar-refractivity contribution in [3.63, 3.8) is 0 Å². The van der Waals surface area contributed by atoms with Crippen molar-refractivity contribution in [3.8, 4) is 0 Å². The fourth-order valence-electron chi connectivity index (χ4n) is 4.64. The molecule has 0 spiro atoms. The highest BCUT2D eigenvalue weighted by molar-refractivity contribution is 5.95. The van der Waals surface area contributed by atoms with E-state index in [2.05, 4.69) is 26.3 Å². The van der Waals surface area contributed by atoms with Crippen LogP contribution in [0.15, 0.2) is 30.6 Å². The van der Waals surface area contributed by atoms with Crippen LogP contribution in [0.2, 0.25) is 0 Å². The first-order valence-corrected chi connectivity index (χ1v) is 9.91. The van der Waals surface area contributed by atoms with Gasteiger partial charge in [-0.25, -0.2) is 4.98 Å². The smallest absolute Gasteiger partial charge is 0.271 e. The lowest BCUT2D eigenvalue weighted by molar-refractivity contribution is 0.0549. The minimum absolute atomic E-state index is 0.0661. The van der Waals surface area contributed by atoms with Gasteiger partial charge in [-0.3, -0.25) is 14.6 Å². The molecule has 1 aromatic carbocycles. The Morgan fingerprint density at radius 1 is 0.964 bits per heavy atom. The third-order valence-electron chi connectivity index (χ3n) is 5.79. The van der Waals surface area contributed by atoms with Crippen LogP contribution in [0.4, 0.5) is 0 Å². The summed E-state index contributed by atoms with van der Waals surface area (Å²) in [5, 5.41) is 3.09. The highest BCUT2D eigenvalue weighted by Crippen LogP contribution is 2.37. The third-order valence-corrected chi connectivity index (χ3v) is 5.79. The van der Waals surface area contributed by atoms with Crippen LogP contribution in [0.5, 0.6) is 0 Å². The molecule has 2 aliphatic rings. The molecule has 3 heterocycles. The summed E-state index contributed by atoms with van der Waals surface area (Å²) in [6.07, 6.45) is 6.69. The van der Waals surface area contributed by atoms with E-state index in [9.17, 15) is 9.59 Å². The van der Waals surface area contributed by atoms with Crippen LogP contribution in [-0.2, 0) is 0 Å². The molecule has 0 saturated carbocycles. The molecule has 28 heavy (non-hydrogen) atoms. The van der Waals surface area contributed by atoms with Crippen LogP contribution in [0.1, 0.15) is 63.4 Å². The van der Waals surface area contributed by atoms with Gasteiger partial charge in [0, 0.05) is 29.9 Å². The standard InChI is InChI=1S/C22H26N4O2/c1-13-6-14(2)8-16(7-13)22(28)26-18-4-5-19(26)10-17(9-18)25-21(27)20-12-23-15(3)11-24-20/h6-8,11-12,17-19H,4-5,9-10H2,1-3H3,(H,25,27)/t17?,18-,19+.